The number of halogens is 2. The molecule has 3 aromatic rings. The number of rotatable bonds is 10. The lowest BCUT2D eigenvalue weighted by Crippen LogP contribution is -2.36. The van der Waals surface area contributed by atoms with E-state index in [-0.39, 0.29) is 24.0 Å². The van der Waals surface area contributed by atoms with Crippen LogP contribution in [0.4, 0.5) is 14.6 Å². The Kier molecular flexibility index (Phi) is 8.62. The number of ether oxygens (including phenoxy) is 1. The van der Waals surface area contributed by atoms with Crippen molar-refractivity contribution in [3.63, 3.8) is 0 Å². The van der Waals surface area contributed by atoms with Gasteiger partial charge in [0, 0.05) is 18.3 Å². The first kappa shape index (κ1) is 26.4. The van der Waals surface area contributed by atoms with Crippen molar-refractivity contribution in [2.24, 2.45) is 5.92 Å². The number of carbonyl (C=O) groups excluding carboxylic acids is 1. The molecule has 1 unspecified atom stereocenters. The van der Waals surface area contributed by atoms with Crippen LogP contribution in [0.15, 0.2) is 47.5 Å². The van der Waals surface area contributed by atoms with E-state index >= 15 is 0 Å². The lowest BCUT2D eigenvalue weighted by Gasteiger charge is -2.26. The number of hydrogen-bond donors (Lipinski definition) is 3. The molecule has 0 saturated heterocycles. The molecule has 4 rings (SSSR count). The van der Waals surface area contributed by atoms with Crippen molar-refractivity contribution in [1.29, 1.82) is 0 Å². The minimum absolute atomic E-state index is 0.0446. The summed E-state index contributed by atoms with van der Waals surface area (Å²) in [7, 11) is 0. The van der Waals surface area contributed by atoms with E-state index in [1.165, 1.54) is 16.8 Å². The van der Waals surface area contributed by atoms with Crippen LogP contribution in [0.1, 0.15) is 44.6 Å². The van der Waals surface area contributed by atoms with Crippen LogP contribution < -0.4 is 15.6 Å². The van der Waals surface area contributed by atoms with Crippen molar-refractivity contribution in [2.45, 2.75) is 57.2 Å². The molecule has 1 aromatic carbocycles. The Balaban J connectivity index is 1.56. The van der Waals surface area contributed by atoms with Crippen LogP contribution in [0.25, 0.3) is 0 Å². The number of nitrogens with zero attached hydrogens (tertiary/aromatic N) is 4. The van der Waals surface area contributed by atoms with Gasteiger partial charge >= 0.3 is 0 Å². The first-order valence-electron chi connectivity index (χ1n) is 12.2. The van der Waals surface area contributed by atoms with Gasteiger partial charge in [-0.2, -0.15) is 10.2 Å². The normalized spacial score (nSPS) is 15.8. The van der Waals surface area contributed by atoms with Crippen molar-refractivity contribution in [2.75, 3.05) is 11.9 Å². The first-order valence-corrected chi connectivity index (χ1v) is 12.2. The number of amides is 1. The molecule has 2 heterocycles. The highest BCUT2D eigenvalue weighted by atomic mass is 19.1. The maximum Gasteiger partial charge on any atom is 0.271 e. The average Bonchev–Trinajstić information content (AvgIpc) is 3.32. The van der Waals surface area contributed by atoms with Gasteiger partial charge in [-0.1, -0.05) is 38.2 Å². The lowest BCUT2D eigenvalue weighted by molar-refractivity contribution is -0.120. The van der Waals surface area contributed by atoms with Crippen molar-refractivity contribution >= 4 is 11.7 Å². The van der Waals surface area contributed by atoms with Gasteiger partial charge in [0.25, 0.3) is 11.5 Å². The van der Waals surface area contributed by atoms with Crippen molar-refractivity contribution < 1.29 is 28.5 Å². The first-order chi connectivity index (χ1) is 17.8. The summed E-state index contributed by atoms with van der Waals surface area (Å²) in [5.41, 5.74) is -0.665. The molecule has 10 nitrogen and oxygen atoms in total. The number of aliphatic hydroxyl groups excluding tert-OH is 2. The summed E-state index contributed by atoms with van der Waals surface area (Å²) in [5.74, 6) is -2.73. The summed E-state index contributed by atoms with van der Waals surface area (Å²) in [6.07, 6.45) is 7.14. The molecule has 2 atom stereocenters. The summed E-state index contributed by atoms with van der Waals surface area (Å²) < 4.78 is 35.6. The van der Waals surface area contributed by atoms with E-state index in [2.05, 4.69) is 15.5 Å². The molecular formula is C25H29F2N5O5. The van der Waals surface area contributed by atoms with Crippen LogP contribution >= 0.6 is 0 Å². The number of para-hydroxylation sites is 1. The van der Waals surface area contributed by atoms with E-state index in [9.17, 15) is 23.5 Å². The zero-order chi connectivity index (χ0) is 26.4. The summed E-state index contributed by atoms with van der Waals surface area (Å²) in [4.78, 5) is 26.3. The molecule has 1 saturated carbocycles. The highest BCUT2D eigenvalue weighted by Gasteiger charge is 2.28. The fourth-order valence-corrected chi connectivity index (χ4v) is 4.46. The topological polar surface area (TPSA) is 132 Å². The number of aliphatic hydroxyl groups is 2. The van der Waals surface area contributed by atoms with E-state index in [1.807, 2.05) is 0 Å². The van der Waals surface area contributed by atoms with E-state index < -0.39 is 47.6 Å². The Hall–Kier alpha value is -3.64. The Morgan fingerprint density at radius 3 is 2.59 bits per heavy atom. The third-order valence-corrected chi connectivity index (χ3v) is 6.32. The predicted molar refractivity (Wildman–Crippen MR) is 129 cm³/mol. The summed E-state index contributed by atoms with van der Waals surface area (Å²) in [5, 5.41) is 29.6. The van der Waals surface area contributed by atoms with Crippen LogP contribution in [0.5, 0.6) is 11.5 Å². The van der Waals surface area contributed by atoms with Gasteiger partial charge in [-0.25, -0.2) is 13.5 Å². The molecule has 0 aliphatic heterocycles. The summed E-state index contributed by atoms with van der Waals surface area (Å²) >= 11 is 0. The van der Waals surface area contributed by atoms with E-state index in [4.69, 9.17) is 9.84 Å². The Morgan fingerprint density at radius 2 is 1.92 bits per heavy atom. The highest BCUT2D eigenvalue weighted by Crippen LogP contribution is 2.31. The van der Waals surface area contributed by atoms with Gasteiger partial charge in [-0.15, -0.1) is 0 Å². The van der Waals surface area contributed by atoms with Gasteiger partial charge in [-0.05, 0) is 24.5 Å². The molecule has 3 N–H and O–H groups in total. The van der Waals surface area contributed by atoms with E-state index in [1.54, 1.807) is 6.20 Å². The molecular weight excluding hydrogens is 488 g/mol. The minimum atomic E-state index is -0.996. The monoisotopic (exact) mass is 517 g/mol. The Labute approximate surface area is 211 Å². The van der Waals surface area contributed by atoms with Crippen molar-refractivity contribution in [3.8, 4) is 11.5 Å². The number of benzene rings is 1. The number of anilines is 1. The van der Waals surface area contributed by atoms with E-state index in [0.717, 1.165) is 61.2 Å². The second-order valence-corrected chi connectivity index (χ2v) is 9.13. The molecule has 0 spiro atoms. The third kappa shape index (κ3) is 6.77. The third-order valence-electron chi connectivity index (χ3n) is 6.32. The fourth-order valence-electron chi connectivity index (χ4n) is 4.46. The molecule has 198 valence electrons. The second-order valence-electron chi connectivity index (χ2n) is 9.13. The van der Waals surface area contributed by atoms with Crippen LogP contribution in [0.3, 0.4) is 0 Å². The minimum Gasteiger partial charge on any atom is -0.449 e. The average molecular weight is 518 g/mol. The number of hydrogen-bond acceptors (Lipinski definition) is 7. The maximum absolute atomic E-state index is 14.0. The second kappa shape index (κ2) is 12.1. The molecule has 0 bridgehead atoms. The largest absolute Gasteiger partial charge is 0.449 e. The highest BCUT2D eigenvalue weighted by molar-refractivity contribution is 5.92. The van der Waals surface area contributed by atoms with Gasteiger partial charge < -0.3 is 20.3 Å². The van der Waals surface area contributed by atoms with Gasteiger partial charge in [0.15, 0.2) is 29.0 Å². The summed E-state index contributed by atoms with van der Waals surface area (Å²) in [6, 6.07) is 4.87. The summed E-state index contributed by atoms with van der Waals surface area (Å²) in [6.45, 7) is -0.383. The standard InChI is InChI=1S/C25H29F2N5O5/c26-19-7-4-8-20(27)24(19)37-18-12-23(35)32(28-13-18)21(11-16-5-2-1-3-6-16)25(36)29-22-9-10-31(30-22)14-17(34)15-33/h4,7-10,12-13,16-17,21,33-34H,1-3,5-6,11,14-15H2,(H,29,30,36)/t17?,21-/m1/s1. The van der Waals surface area contributed by atoms with Gasteiger partial charge in [0.2, 0.25) is 0 Å². The maximum atomic E-state index is 14.0. The van der Waals surface area contributed by atoms with Gasteiger partial charge in [0.05, 0.1) is 25.5 Å². The quantitative estimate of drug-likeness (QED) is 0.377. The molecule has 1 aliphatic rings. The smallest absolute Gasteiger partial charge is 0.271 e. The van der Waals surface area contributed by atoms with Crippen LogP contribution in [0.2, 0.25) is 0 Å². The fraction of sp³-hybridized carbons (Fsp3) is 0.440. The lowest BCUT2D eigenvalue weighted by atomic mass is 9.84. The Morgan fingerprint density at radius 1 is 1.19 bits per heavy atom. The zero-order valence-electron chi connectivity index (χ0n) is 20.1. The number of aromatic nitrogens is 4. The molecule has 1 amide bonds. The van der Waals surface area contributed by atoms with Gasteiger partial charge in [-0.3, -0.25) is 14.3 Å². The van der Waals surface area contributed by atoms with Crippen molar-refractivity contribution in [1.82, 2.24) is 19.6 Å². The molecule has 2 aromatic heterocycles. The molecule has 1 fully saturated rings. The molecule has 1 aliphatic carbocycles. The molecule has 0 radical (unpaired) electrons. The predicted octanol–water partition coefficient (Wildman–Crippen LogP) is 3.01. The number of nitrogens with one attached hydrogen (secondary N) is 1. The zero-order valence-corrected chi connectivity index (χ0v) is 20.1. The van der Waals surface area contributed by atoms with E-state index in [0.29, 0.717) is 6.42 Å². The van der Waals surface area contributed by atoms with Crippen LogP contribution in [0, 0.1) is 17.6 Å². The van der Waals surface area contributed by atoms with Crippen LogP contribution in [-0.2, 0) is 11.3 Å². The van der Waals surface area contributed by atoms with Crippen molar-refractivity contribution in [3.05, 3.63) is 64.7 Å². The Bertz CT molecular complexity index is 1250. The SMILES string of the molecule is O=C(Nc1ccn(CC(O)CO)n1)[C@@H](CC1CCCCC1)n1ncc(Oc2c(F)cccc2F)cc1=O. The molecule has 12 heteroatoms. The van der Waals surface area contributed by atoms with Crippen LogP contribution in [-0.4, -0.2) is 48.4 Å². The van der Waals surface area contributed by atoms with Gasteiger partial charge in [0.1, 0.15) is 6.04 Å². The molecule has 37 heavy (non-hydrogen) atoms. The number of carbonyl (C=O) groups is 1.